The van der Waals surface area contributed by atoms with Crippen molar-refractivity contribution in [3.63, 3.8) is 0 Å². The number of thiazole rings is 1. The van der Waals surface area contributed by atoms with Crippen molar-refractivity contribution in [2.24, 2.45) is 5.92 Å². The van der Waals surface area contributed by atoms with Crippen LogP contribution in [0.3, 0.4) is 0 Å². The van der Waals surface area contributed by atoms with Crippen LogP contribution in [-0.4, -0.2) is 28.7 Å². The van der Waals surface area contributed by atoms with Crippen LogP contribution in [0.4, 0.5) is 0 Å². The van der Waals surface area contributed by atoms with E-state index in [1.807, 2.05) is 6.20 Å². The Kier molecular flexibility index (Phi) is 4.87. The van der Waals surface area contributed by atoms with E-state index in [0.29, 0.717) is 18.4 Å². The molecule has 2 heterocycles. The smallest absolute Gasteiger partial charge is 0.303 e. The molecule has 1 aromatic rings. The van der Waals surface area contributed by atoms with Crippen LogP contribution in [0.2, 0.25) is 0 Å². The van der Waals surface area contributed by atoms with Gasteiger partial charge in [0.25, 0.3) is 0 Å². The zero-order valence-corrected chi connectivity index (χ0v) is 12.9. The highest BCUT2D eigenvalue weighted by molar-refractivity contribution is 7.11. The first-order valence-electron chi connectivity index (χ1n) is 7.72. The zero-order valence-electron chi connectivity index (χ0n) is 12.1. The molecule has 2 fully saturated rings. The van der Waals surface area contributed by atoms with E-state index in [9.17, 15) is 4.79 Å². The molecule has 5 nitrogen and oxygen atoms in total. The van der Waals surface area contributed by atoms with Crippen molar-refractivity contribution < 1.29 is 14.6 Å². The van der Waals surface area contributed by atoms with Gasteiger partial charge in [0, 0.05) is 36.7 Å². The first-order chi connectivity index (χ1) is 10.2. The lowest BCUT2D eigenvalue weighted by molar-refractivity contribution is -0.137. The van der Waals surface area contributed by atoms with E-state index < -0.39 is 5.97 Å². The van der Waals surface area contributed by atoms with Crippen LogP contribution in [0.15, 0.2) is 6.20 Å². The molecule has 0 aromatic carbocycles. The second-order valence-electron chi connectivity index (χ2n) is 6.01. The Morgan fingerprint density at radius 3 is 3.10 bits per heavy atom. The molecule has 21 heavy (non-hydrogen) atoms. The summed E-state index contributed by atoms with van der Waals surface area (Å²) in [6, 6.07) is 0.539. The molecule has 1 saturated heterocycles. The Hall–Kier alpha value is -0.980. The lowest BCUT2D eigenvalue weighted by Crippen LogP contribution is -2.40. The van der Waals surface area contributed by atoms with Crippen molar-refractivity contribution in [2.45, 2.75) is 57.2 Å². The Morgan fingerprint density at radius 1 is 1.52 bits per heavy atom. The second-order valence-corrected chi connectivity index (χ2v) is 7.16. The molecular weight excluding hydrogens is 288 g/mol. The number of carboxylic acids is 1. The lowest BCUT2D eigenvalue weighted by Gasteiger charge is -2.35. The van der Waals surface area contributed by atoms with Crippen molar-refractivity contribution >= 4 is 17.3 Å². The summed E-state index contributed by atoms with van der Waals surface area (Å²) >= 11 is 1.75. The average molecular weight is 310 g/mol. The van der Waals surface area contributed by atoms with Crippen LogP contribution in [0.1, 0.15) is 54.5 Å². The maximum absolute atomic E-state index is 10.5. The molecule has 0 radical (unpaired) electrons. The summed E-state index contributed by atoms with van der Waals surface area (Å²) in [5.41, 5.74) is 0. The number of ether oxygens (including phenoxy) is 1. The molecule has 1 aromatic heterocycles. The first kappa shape index (κ1) is 14.9. The van der Waals surface area contributed by atoms with Crippen LogP contribution < -0.4 is 5.32 Å². The molecule has 0 spiro atoms. The van der Waals surface area contributed by atoms with Crippen molar-refractivity contribution in [1.82, 2.24) is 10.3 Å². The standard InChI is InChI=1S/C15H22N2O3S/c18-14(19)4-3-10-6-11(7-10)16-8-12-9-17-15(21-12)13-2-1-5-20-13/h9-11,13,16H,1-8H2,(H,18,19). The number of hydrogen-bond donors (Lipinski definition) is 2. The number of nitrogens with zero attached hydrogens (tertiary/aromatic N) is 1. The van der Waals surface area contributed by atoms with Gasteiger partial charge in [-0.1, -0.05) is 0 Å². The summed E-state index contributed by atoms with van der Waals surface area (Å²) in [6.45, 7) is 1.72. The molecule has 1 unspecified atom stereocenters. The van der Waals surface area contributed by atoms with E-state index in [2.05, 4.69) is 10.3 Å². The highest BCUT2D eigenvalue weighted by atomic mass is 32.1. The molecule has 116 valence electrons. The fraction of sp³-hybridized carbons (Fsp3) is 0.733. The van der Waals surface area contributed by atoms with Gasteiger partial charge in [0.2, 0.25) is 0 Å². The zero-order chi connectivity index (χ0) is 14.7. The van der Waals surface area contributed by atoms with E-state index >= 15 is 0 Å². The van der Waals surface area contributed by atoms with Gasteiger partial charge in [0.05, 0.1) is 0 Å². The normalized spacial score (nSPS) is 28.5. The van der Waals surface area contributed by atoms with Crippen molar-refractivity contribution in [2.75, 3.05) is 6.61 Å². The predicted molar refractivity (Wildman–Crippen MR) is 80.3 cm³/mol. The van der Waals surface area contributed by atoms with Crippen LogP contribution in [0, 0.1) is 5.92 Å². The number of carbonyl (C=O) groups is 1. The molecule has 6 heteroatoms. The molecule has 2 aliphatic rings. The van der Waals surface area contributed by atoms with Crippen LogP contribution >= 0.6 is 11.3 Å². The third-order valence-corrected chi connectivity index (χ3v) is 5.43. The Bertz CT molecular complexity index is 479. The first-order valence-corrected chi connectivity index (χ1v) is 8.53. The van der Waals surface area contributed by atoms with Gasteiger partial charge in [-0.2, -0.15) is 0 Å². The fourth-order valence-corrected chi connectivity index (χ4v) is 3.99. The minimum atomic E-state index is -0.683. The van der Waals surface area contributed by atoms with E-state index in [4.69, 9.17) is 9.84 Å². The number of hydrogen-bond acceptors (Lipinski definition) is 5. The number of aromatic nitrogens is 1. The van der Waals surface area contributed by atoms with Crippen LogP contribution in [0.25, 0.3) is 0 Å². The van der Waals surface area contributed by atoms with Gasteiger partial charge in [0.15, 0.2) is 0 Å². The number of aliphatic carboxylic acids is 1. The van der Waals surface area contributed by atoms with E-state index in [1.165, 1.54) is 4.88 Å². The highest BCUT2D eigenvalue weighted by Crippen LogP contribution is 2.33. The number of nitrogens with one attached hydrogen (secondary N) is 1. The molecule has 1 atom stereocenters. The molecular formula is C15H22N2O3S. The quantitative estimate of drug-likeness (QED) is 0.810. The summed E-state index contributed by atoms with van der Waals surface area (Å²) < 4.78 is 5.65. The monoisotopic (exact) mass is 310 g/mol. The second kappa shape index (κ2) is 6.85. The van der Waals surface area contributed by atoms with Crippen molar-refractivity contribution in [3.05, 3.63) is 16.1 Å². The number of rotatable bonds is 7. The average Bonchev–Trinajstić information content (AvgIpc) is 3.06. The maximum Gasteiger partial charge on any atom is 0.303 e. The van der Waals surface area contributed by atoms with E-state index in [-0.39, 0.29) is 6.10 Å². The molecule has 0 bridgehead atoms. The third kappa shape index (κ3) is 4.02. The Balaban J connectivity index is 1.36. The number of carboxylic acid groups (broad SMARTS) is 1. The minimum absolute atomic E-state index is 0.216. The molecule has 3 rings (SSSR count). The highest BCUT2D eigenvalue weighted by Gasteiger charge is 2.29. The Labute approximate surface area is 128 Å². The van der Waals surface area contributed by atoms with Gasteiger partial charge < -0.3 is 15.2 Å². The van der Waals surface area contributed by atoms with Gasteiger partial charge in [-0.05, 0) is 38.0 Å². The summed E-state index contributed by atoms with van der Waals surface area (Å²) in [5.74, 6) is -0.0970. The summed E-state index contributed by atoms with van der Waals surface area (Å²) in [4.78, 5) is 16.2. The third-order valence-electron chi connectivity index (χ3n) is 4.34. The summed E-state index contributed by atoms with van der Waals surface area (Å²) in [6.07, 6.45) is 7.72. The fourth-order valence-electron chi connectivity index (χ4n) is 3.04. The van der Waals surface area contributed by atoms with Gasteiger partial charge in [-0.15, -0.1) is 11.3 Å². The molecule has 0 amide bonds. The van der Waals surface area contributed by atoms with Gasteiger partial charge >= 0.3 is 5.97 Å². The molecule has 1 saturated carbocycles. The summed E-state index contributed by atoms with van der Waals surface area (Å²) in [5, 5.41) is 13.3. The van der Waals surface area contributed by atoms with E-state index in [1.54, 1.807) is 11.3 Å². The Morgan fingerprint density at radius 2 is 2.38 bits per heavy atom. The molecule has 1 aliphatic heterocycles. The lowest BCUT2D eigenvalue weighted by atomic mass is 9.77. The molecule has 1 aliphatic carbocycles. The van der Waals surface area contributed by atoms with Gasteiger partial charge in [0.1, 0.15) is 11.1 Å². The van der Waals surface area contributed by atoms with Gasteiger partial charge in [-0.25, -0.2) is 4.98 Å². The van der Waals surface area contributed by atoms with Crippen LogP contribution in [-0.2, 0) is 16.1 Å². The maximum atomic E-state index is 10.5. The molecule has 2 N–H and O–H groups in total. The van der Waals surface area contributed by atoms with Crippen molar-refractivity contribution in [1.29, 1.82) is 0 Å². The topological polar surface area (TPSA) is 71.5 Å². The summed E-state index contributed by atoms with van der Waals surface area (Å²) in [7, 11) is 0. The minimum Gasteiger partial charge on any atom is -0.481 e. The van der Waals surface area contributed by atoms with Gasteiger partial charge in [-0.3, -0.25) is 4.79 Å². The van der Waals surface area contributed by atoms with Crippen LogP contribution in [0.5, 0.6) is 0 Å². The predicted octanol–water partition coefficient (Wildman–Crippen LogP) is 2.73. The SMILES string of the molecule is O=C(O)CCC1CC(NCc2cnc(C3CCCO3)s2)C1. The van der Waals surface area contributed by atoms with E-state index in [0.717, 1.165) is 50.3 Å². The largest absolute Gasteiger partial charge is 0.481 e. The van der Waals surface area contributed by atoms with Crippen molar-refractivity contribution in [3.8, 4) is 0 Å².